The van der Waals surface area contributed by atoms with Crippen LogP contribution in [0.1, 0.15) is 24.2 Å². The Hall–Kier alpha value is -1.24. The molecule has 3 N–H and O–H groups in total. The maximum atomic E-state index is 12.1. The van der Waals surface area contributed by atoms with Crippen molar-refractivity contribution in [3.05, 3.63) is 28.8 Å². The van der Waals surface area contributed by atoms with Crippen molar-refractivity contribution in [1.29, 1.82) is 0 Å². The van der Waals surface area contributed by atoms with Crippen LogP contribution in [0.25, 0.3) is 0 Å². The van der Waals surface area contributed by atoms with Crippen LogP contribution in [-0.2, 0) is 4.79 Å². The van der Waals surface area contributed by atoms with Crippen LogP contribution < -0.4 is 5.32 Å². The van der Waals surface area contributed by atoms with Crippen LogP contribution in [-0.4, -0.2) is 40.0 Å². The summed E-state index contributed by atoms with van der Waals surface area (Å²) in [6.45, 7) is 2.69. The van der Waals surface area contributed by atoms with E-state index >= 15 is 0 Å². The summed E-state index contributed by atoms with van der Waals surface area (Å²) < 4.78 is 0. The van der Waals surface area contributed by atoms with Crippen molar-refractivity contribution < 1.29 is 19.8 Å². The number of carbonyl (C=O) groups is 2. The van der Waals surface area contributed by atoms with Gasteiger partial charge in [-0.05, 0) is 30.9 Å². The first-order chi connectivity index (χ1) is 9.27. The number of hydrogen-bond acceptors (Lipinski definition) is 4. The lowest BCUT2D eigenvalue weighted by Crippen LogP contribution is -2.46. The number of carbonyl (C=O) groups excluding carboxylic acids is 1. The van der Waals surface area contributed by atoms with E-state index in [1.54, 1.807) is 12.1 Å². The topological polar surface area (TPSA) is 86.6 Å². The van der Waals surface area contributed by atoms with Gasteiger partial charge in [-0.2, -0.15) is 0 Å². The van der Waals surface area contributed by atoms with Crippen LogP contribution in [0.3, 0.4) is 0 Å². The van der Waals surface area contributed by atoms with Gasteiger partial charge in [-0.25, -0.2) is 4.79 Å². The highest BCUT2D eigenvalue weighted by molar-refractivity contribution is 7.99. The van der Waals surface area contributed by atoms with Gasteiger partial charge in [0.1, 0.15) is 0 Å². The van der Waals surface area contributed by atoms with Gasteiger partial charge in [0.15, 0.2) is 5.60 Å². The molecule has 0 aliphatic rings. The molecule has 0 saturated carbocycles. The molecule has 1 amide bonds. The zero-order valence-electron chi connectivity index (χ0n) is 11.1. The molecule has 0 bridgehead atoms. The number of rotatable bonds is 6. The third-order valence-corrected chi connectivity index (χ3v) is 3.73. The summed E-state index contributed by atoms with van der Waals surface area (Å²) in [6.07, 6.45) is 0. The maximum Gasteiger partial charge on any atom is 0.337 e. The summed E-state index contributed by atoms with van der Waals surface area (Å²) in [7, 11) is 0. The predicted molar refractivity (Wildman–Crippen MR) is 78.4 cm³/mol. The lowest BCUT2D eigenvalue weighted by atomic mass is 10.1. The van der Waals surface area contributed by atoms with Crippen molar-refractivity contribution in [3.8, 4) is 0 Å². The molecule has 0 fully saturated rings. The molecule has 5 nitrogen and oxygen atoms in total. The molecule has 1 atom stereocenters. The first-order valence-corrected chi connectivity index (χ1v) is 7.30. The second-order valence-electron chi connectivity index (χ2n) is 4.34. The summed E-state index contributed by atoms with van der Waals surface area (Å²) in [4.78, 5) is 23.6. The first kappa shape index (κ1) is 16.8. The van der Waals surface area contributed by atoms with Crippen molar-refractivity contribution >= 4 is 35.2 Å². The number of thioether (sulfide) groups is 1. The van der Waals surface area contributed by atoms with E-state index in [0.29, 0.717) is 10.6 Å². The quantitative estimate of drug-likeness (QED) is 0.699. The third-order valence-electron chi connectivity index (χ3n) is 2.54. The summed E-state index contributed by atoms with van der Waals surface area (Å²) in [6, 6.07) is 4.94. The SMILES string of the molecule is CCSc1ccc(Cl)cc1C(=O)NCC(C)(O)C(=O)O. The van der Waals surface area contributed by atoms with Gasteiger partial charge in [0, 0.05) is 9.92 Å². The second kappa shape index (κ2) is 6.97. The fraction of sp³-hybridized carbons (Fsp3) is 0.385. The molecule has 1 rings (SSSR count). The van der Waals surface area contributed by atoms with Crippen molar-refractivity contribution in [3.63, 3.8) is 0 Å². The number of halogens is 1. The molecule has 0 aromatic heterocycles. The van der Waals surface area contributed by atoms with Gasteiger partial charge >= 0.3 is 5.97 Å². The molecule has 0 saturated heterocycles. The standard InChI is InChI=1S/C13H16ClNO4S/c1-3-20-10-5-4-8(14)6-9(10)11(16)15-7-13(2,19)12(17)18/h4-6,19H,3,7H2,1-2H3,(H,15,16)(H,17,18). The van der Waals surface area contributed by atoms with Gasteiger partial charge in [0.25, 0.3) is 5.91 Å². The molecule has 0 spiro atoms. The molecular formula is C13H16ClNO4S. The molecule has 1 aromatic rings. The van der Waals surface area contributed by atoms with Crippen molar-refractivity contribution in [2.45, 2.75) is 24.3 Å². The average Bonchev–Trinajstić information content (AvgIpc) is 2.38. The van der Waals surface area contributed by atoms with E-state index in [4.69, 9.17) is 16.7 Å². The minimum atomic E-state index is -2.01. The van der Waals surface area contributed by atoms with Gasteiger partial charge in [-0.3, -0.25) is 4.79 Å². The highest BCUT2D eigenvalue weighted by Gasteiger charge is 2.30. The number of carboxylic acids is 1. The van der Waals surface area contributed by atoms with Crippen molar-refractivity contribution in [2.24, 2.45) is 0 Å². The molecular weight excluding hydrogens is 302 g/mol. The highest BCUT2D eigenvalue weighted by Crippen LogP contribution is 2.25. The fourth-order valence-electron chi connectivity index (χ4n) is 1.38. The van der Waals surface area contributed by atoms with E-state index < -0.39 is 17.5 Å². The van der Waals surface area contributed by atoms with E-state index in [2.05, 4.69) is 5.32 Å². The number of amides is 1. The van der Waals surface area contributed by atoms with E-state index in [1.807, 2.05) is 6.92 Å². The van der Waals surface area contributed by atoms with Crippen LogP contribution >= 0.6 is 23.4 Å². The highest BCUT2D eigenvalue weighted by atomic mass is 35.5. The monoisotopic (exact) mass is 317 g/mol. The Labute approximate surface area is 126 Å². The number of aliphatic carboxylic acids is 1. The largest absolute Gasteiger partial charge is 0.479 e. The maximum absolute atomic E-state index is 12.1. The Morgan fingerprint density at radius 1 is 1.45 bits per heavy atom. The number of carboxylic acid groups (broad SMARTS) is 1. The Morgan fingerprint density at radius 2 is 2.10 bits per heavy atom. The third kappa shape index (κ3) is 4.40. The lowest BCUT2D eigenvalue weighted by molar-refractivity contribution is -0.155. The number of hydrogen-bond donors (Lipinski definition) is 3. The summed E-state index contributed by atoms with van der Waals surface area (Å²) in [5, 5.41) is 21.2. The Balaban J connectivity index is 2.87. The molecule has 110 valence electrons. The lowest BCUT2D eigenvalue weighted by Gasteiger charge is -2.19. The minimum Gasteiger partial charge on any atom is -0.479 e. The van der Waals surface area contributed by atoms with Gasteiger partial charge < -0.3 is 15.5 Å². The predicted octanol–water partition coefficient (Wildman–Crippen LogP) is 2.02. The van der Waals surface area contributed by atoms with E-state index in [-0.39, 0.29) is 6.54 Å². The zero-order chi connectivity index (χ0) is 15.3. The molecule has 1 aromatic carbocycles. The summed E-state index contributed by atoms with van der Waals surface area (Å²) in [5.41, 5.74) is -1.64. The van der Waals surface area contributed by atoms with Gasteiger partial charge in [-0.1, -0.05) is 18.5 Å². The van der Waals surface area contributed by atoms with Crippen LogP contribution in [0.4, 0.5) is 0 Å². The van der Waals surface area contributed by atoms with Crippen molar-refractivity contribution in [2.75, 3.05) is 12.3 Å². The molecule has 0 aliphatic heterocycles. The molecule has 7 heteroatoms. The minimum absolute atomic E-state index is 0.366. The Bertz CT molecular complexity index is 519. The van der Waals surface area contributed by atoms with E-state index in [0.717, 1.165) is 17.6 Å². The molecule has 0 radical (unpaired) electrons. The number of nitrogens with one attached hydrogen (secondary N) is 1. The van der Waals surface area contributed by atoms with E-state index in [1.165, 1.54) is 17.8 Å². The smallest absolute Gasteiger partial charge is 0.337 e. The van der Waals surface area contributed by atoms with Crippen LogP contribution in [0.15, 0.2) is 23.1 Å². The van der Waals surface area contributed by atoms with E-state index in [9.17, 15) is 14.7 Å². The van der Waals surface area contributed by atoms with Crippen LogP contribution in [0.5, 0.6) is 0 Å². The number of aliphatic hydroxyl groups is 1. The van der Waals surface area contributed by atoms with Crippen LogP contribution in [0.2, 0.25) is 5.02 Å². The summed E-state index contributed by atoms with van der Waals surface area (Å²) >= 11 is 7.35. The normalized spacial score (nSPS) is 13.6. The molecule has 20 heavy (non-hydrogen) atoms. The Morgan fingerprint density at radius 3 is 2.65 bits per heavy atom. The molecule has 0 heterocycles. The second-order valence-corrected chi connectivity index (χ2v) is 6.08. The zero-order valence-corrected chi connectivity index (χ0v) is 12.7. The average molecular weight is 318 g/mol. The molecule has 1 unspecified atom stereocenters. The number of benzene rings is 1. The molecule has 0 aliphatic carbocycles. The summed E-state index contributed by atoms with van der Waals surface area (Å²) in [5.74, 6) is -1.08. The fourth-order valence-corrected chi connectivity index (χ4v) is 2.34. The van der Waals surface area contributed by atoms with Gasteiger partial charge in [0.05, 0.1) is 12.1 Å². The van der Waals surface area contributed by atoms with Crippen LogP contribution in [0, 0.1) is 0 Å². The Kier molecular flexibility index (Phi) is 5.86. The van der Waals surface area contributed by atoms with Gasteiger partial charge in [0.2, 0.25) is 0 Å². The van der Waals surface area contributed by atoms with Gasteiger partial charge in [-0.15, -0.1) is 11.8 Å². The van der Waals surface area contributed by atoms with Crippen molar-refractivity contribution in [1.82, 2.24) is 5.32 Å². The first-order valence-electron chi connectivity index (χ1n) is 5.94.